The first-order valence-electron chi connectivity index (χ1n) is 5.58. The predicted octanol–water partition coefficient (Wildman–Crippen LogP) is 2.23. The lowest BCUT2D eigenvalue weighted by molar-refractivity contribution is 0.564. The van der Waals surface area contributed by atoms with Crippen LogP contribution in [0.5, 0.6) is 0 Å². The molecule has 0 saturated carbocycles. The zero-order valence-electron chi connectivity index (χ0n) is 11.1. The maximum absolute atomic E-state index is 12.3. The van der Waals surface area contributed by atoms with Crippen molar-refractivity contribution in [3.8, 4) is 0 Å². The first-order valence-corrected chi connectivity index (χ1v) is 10.7. The molecular weight excluding hydrogens is 434 g/mol. The molecule has 114 valence electrons. The van der Waals surface area contributed by atoms with Crippen LogP contribution >= 0.6 is 31.9 Å². The van der Waals surface area contributed by atoms with Crippen molar-refractivity contribution in [2.75, 3.05) is 12.0 Å². The lowest BCUT2D eigenvalue weighted by Crippen LogP contribution is -2.37. The number of hydrogen-bond donors (Lipinski definition) is 1. The van der Waals surface area contributed by atoms with Crippen molar-refractivity contribution >= 4 is 51.7 Å². The first kappa shape index (κ1) is 18.1. The van der Waals surface area contributed by atoms with Gasteiger partial charge in [0.25, 0.3) is 0 Å². The molecule has 1 rings (SSSR count). The van der Waals surface area contributed by atoms with Gasteiger partial charge in [-0.3, -0.25) is 0 Å². The number of halogens is 2. The number of sulfonamides is 1. The summed E-state index contributed by atoms with van der Waals surface area (Å²) in [6, 6.07) is 2.45. The van der Waals surface area contributed by atoms with Crippen molar-refractivity contribution in [3.63, 3.8) is 0 Å². The van der Waals surface area contributed by atoms with Crippen LogP contribution in [0.4, 0.5) is 0 Å². The van der Waals surface area contributed by atoms with E-state index in [4.69, 9.17) is 0 Å². The molecule has 5 nitrogen and oxygen atoms in total. The zero-order valence-corrected chi connectivity index (χ0v) is 15.9. The predicted molar refractivity (Wildman–Crippen MR) is 86.1 cm³/mol. The molecule has 1 atom stereocenters. The summed E-state index contributed by atoms with van der Waals surface area (Å²) < 4.78 is 50.3. The minimum atomic E-state index is -3.79. The van der Waals surface area contributed by atoms with Crippen molar-refractivity contribution < 1.29 is 16.8 Å². The van der Waals surface area contributed by atoms with E-state index in [1.807, 2.05) is 6.92 Å². The monoisotopic (exact) mass is 447 g/mol. The summed E-state index contributed by atoms with van der Waals surface area (Å²) in [5, 5.41) is 0. The first-order chi connectivity index (χ1) is 8.92. The fourth-order valence-electron chi connectivity index (χ4n) is 1.65. The smallest absolute Gasteiger partial charge is 0.229 e. The van der Waals surface area contributed by atoms with E-state index in [1.165, 1.54) is 13.0 Å². The highest BCUT2D eigenvalue weighted by Crippen LogP contribution is 2.28. The Labute approximate surface area is 136 Å². The Bertz CT molecular complexity index is 714. The molecule has 0 aliphatic rings. The number of sulfone groups is 1. The summed E-state index contributed by atoms with van der Waals surface area (Å²) in [7, 11) is -7.04. The second-order valence-corrected chi connectivity index (χ2v) is 10.2. The molecule has 0 spiro atoms. The molecule has 0 bridgehead atoms. The fourth-order valence-corrected chi connectivity index (χ4v) is 5.67. The maximum Gasteiger partial charge on any atom is 0.242 e. The lowest BCUT2D eigenvalue weighted by Gasteiger charge is -2.15. The minimum Gasteiger partial charge on any atom is -0.229 e. The average Bonchev–Trinajstić information content (AvgIpc) is 2.19. The summed E-state index contributed by atoms with van der Waals surface area (Å²) in [4.78, 5) is 0.0651. The van der Waals surface area contributed by atoms with Gasteiger partial charge in [0.2, 0.25) is 10.0 Å². The van der Waals surface area contributed by atoms with Gasteiger partial charge in [0, 0.05) is 21.2 Å². The van der Waals surface area contributed by atoms with Crippen LogP contribution in [0.25, 0.3) is 0 Å². The minimum absolute atomic E-state index is 0.0651. The van der Waals surface area contributed by atoms with Crippen molar-refractivity contribution in [3.05, 3.63) is 26.6 Å². The SMILES string of the molecule is Cc1cc(Br)c(S(=O)(=O)NC(C)CS(C)(=O)=O)cc1Br. The fraction of sp³-hybridized carbons (Fsp3) is 0.455. The molecule has 1 aromatic rings. The Balaban J connectivity index is 3.09. The molecule has 1 unspecified atom stereocenters. The van der Waals surface area contributed by atoms with Crippen LogP contribution in [-0.2, 0) is 19.9 Å². The number of benzene rings is 1. The topological polar surface area (TPSA) is 80.3 Å². The number of nitrogens with one attached hydrogen (secondary N) is 1. The third-order valence-electron chi connectivity index (χ3n) is 2.41. The number of aryl methyl sites for hydroxylation is 1. The van der Waals surface area contributed by atoms with E-state index in [9.17, 15) is 16.8 Å². The van der Waals surface area contributed by atoms with Gasteiger partial charge in [0.1, 0.15) is 9.84 Å². The molecule has 0 amide bonds. The Kier molecular flexibility index (Phi) is 5.82. The second-order valence-electron chi connectivity index (χ2n) is 4.65. The van der Waals surface area contributed by atoms with Crippen LogP contribution in [0.1, 0.15) is 12.5 Å². The van der Waals surface area contributed by atoms with E-state index < -0.39 is 25.9 Å². The maximum atomic E-state index is 12.3. The quantitative estimate of drug-likeness (QED) is 0.748. The van der Waals surface area contributed by atoms with E-state index in [0.717, 1.165) is 11.8 Å². The van der Waals surface area contributed by atoms with E-state index in [-0.39, 0.29) is 10.6 Å². The number of hydrogen-bond acceptors (Lipinski definition) is 4. The largest absolute Gasteiger partial charge is 0.242 e. The zero-order chi connectivity index (χ0) is 15.7. The molecule has 0 aliphatic carbocycles. The normalized spacial score (nSPS) is 14.2. The molecule has 0 aromatic heterocycles. The highest BCUT2D eigenvalue weighted by molar-refractivity contribution is 9.11. The summed E-state index contributed by atoms with van der Waals surface area (Å²) in [6.07, 6.45) is 1.07. The summed E-state index contributed by atoms with van der Waals surface area (Å²) >= 11 is 6.49. The van der Waals surface area contributed by atoms with Crippen molar-refractivity contribution in [1.29, 1.82) is 0 Å². The lowest BCUT2D eigenvalue weighted by atomic mass is 10.2. The van der Waals surface area contributed by atoms with E-state index in [2.05, 4.69) is 36.6 Å². The van der Waals surface area contributed by atoms with Gasteiger partial charge in [-0.15, -0.1) is 0 Å². The second kappa shape index (κ2) is 6.43. The van der Waals surface area contributed by atoms with Crippen LogP contribution in [0.3, 0.4) is 0 Å². The van der Waals surface area contributed by atoms with Crippen molar-refractivity contribution in [2.24, 2.45) is 0 Å². The van der Waals surface area contributed by atoms with Gasteiger partial charge in [-0.05, 0) is 47.5 Å². The third-order valence-corrected chi connectivity index (χ3v) is 6.92. The molecule has 0 radical (unpaired) electrons. The standard InChI is InChI=1S/C11H15Br2NO4S2/c1-7-4-10(13)11(5-9(7)12)20(17,18)14-8(2)6-19(3,15)16/h4-5,8,14H,6H2,1-3H3. The number of rotatable bonds is 5. The Morgan fingerprint density at radius 2 is 1.70 bits per heavy atom. The van der Waals surface area contributed by atoms with Crippen LogP contribution < -0.4 is 4.72 Å². The molecule has 0 heterocycles. The molecule has 0 saturated heterocycles. The summed E-state index contributed by atoms with van der Waals surface area (Å²) in [5.41, 5.74) is 0.889. The van der Waals surface area contributed by atoms with Crippen LogP contribution in [0.2, 0.25) is 0 Å². The van der Waals surface area contributed by atoms with Crippen LogP contribution in [-0.4, -0.2) is 34.9 Å². The Hall–Kier alpha value is 0.0400. The van der Waals surface area contributed by atoms with Crippen LogP contribution in [0, 0.1) is 6.92 Å². The molecule has 9 heteroatoms. The molecule has 20 heavy (non-hydrogen) atoms. The van der Waals surface area contributed by atoms with Gasteiger partial charge in [-0.25, -0.2) is 21.6 Å². The van der Waals surface area contributed by atoms with E-state index in [0.29, 0.717) is 8.95 Å². The van der Waals surface area contributed by atoms with Gasteiger partial charge in [-0.1, -0.05) is 15.9 Å². The van der Waals surface area contributed by atoms with E-state index in [1.54, 1.807) is 6.07 Å². The van der Waals surface area contributed by atoms with Crippen molar-refractivity contribution in [2.45, 2.75) is 24.8 Å². The average molecular weight is 449 g/mol. The van der Waals surface area contributed by atoms with Crippen LogP contribution in [0.15, 0.2) is 26.0 Å². The van der Waals surface area contributed by atoms with Gasteiger partial charge in [-0.2, -0.15) is 0 Å². The summed E-state index contributed by atoms with van der Waals surface area (Å²) in [5.74, 6) is -0.253. The highest BCUT2D eigenvalue weighted by Gasteiger charge is 2.23. The van der Waals surface area contributed by atoms with E-state index >= 15 is 0 Å². The Morgan fingerprint density at radius 3 is 2.20 bits per heavy atom. The van der Waals surface area contributed by atoms with Gasteiger partial charge in [0.15, 0.2) is 0 Å². The van der Waals surface area contributed by atoms with Gasteiger partial charge in [0.05, 0.1) is 10.6 Å². The van der Waals surface area contributed by atoms with Gasteiger partial charge < -0.3 is 0 Å². The highest BCUT2D eigenvalue weighted by atomic mass is 79.9. The molecular formula is C11H15Br2NO4S2. The molecule has 1 aromatic carbocycles. The third kappa shape index (κ3) is 5.10. The molecule has 0 aliphatic heterocycles. The molecule has 1 N–H and O–H groups in total. The van der Waals surface area contributed by atoms with Crippen molar-refractivity contribution in [1.82, 2.24) is 4.72 Å². The molecule has 0 fully saturated rings. The van der Waals surface area contributed by atoms with Gasteiger partial charge >= 0.3 is 0 Å². The summed E-state index contributed by atoms with van der Waals surface area (Å²) in [6.45, 7) is 3.35. The Morgan fingerprint density at radius 1 is 1.15 bits per heavy atom.